The number of ether oxygens (including phenoxy) is 1. The molecule has 1 aliphatic heterocycles. The van der Waals surface area contributed by atoms with Crippen LogP contribution in [0.15, 0.2) is 84.4 Å². The summed E-state index contributed by atoms with van der Waals surface area (Å²) >= 11 is 0. The Morgan fingerprint density at radius 3 is 2.12 bits per heavy atom. The molecule has 0 bridgehead atoms. The number of hydrogen-bond donors (Lipinski definition) is 1. The number of benzene rings is 3. The average molecular weight is 538 g/mol. The zero-order valence-electron chi connectivity index (χ0n) is 22.4. The normalized spacial score (nSPS) is 14.6. The van der Waals surface area contributed by atoms with Gasteiger partial charge in [0.1, 0.15) is 23.7 Å². The highest BCUT2D eigenvalue weighted by Crippen LogP contribution is 2.27. The Labute approximate surface area is 231 Å². The van der Waals surface area contributed by atoms with E-state index in [-0.39, 0.29) is 11.4 Å². The molecule has 1 aliphatic rings. The van der Waals surface area contributed by atoms with Gasteiger partial charge in [0.25, 0.3) is 11.8 Å². The molecule has 2 heterocycles. The van der Waals surface area contributed by atoms with Crippen molar-refractivity contribution in [3.8, 4) is 11.4 Å². The quantitative estimate of drug-likeness (QED) is 0.230. The van der Waals surface area contributed by atoms with Crippen LogP contribution in [0.4, 0.5) is 14.9 Å². The molecule has 1 aromatic heterocycles. The second-order valence-electron chi connectivity index (χ2n) is 9.55. The van der Waals surface area contributed by atoms with E-state index in [1.807, 2.05) is 67.8 Å². The molecule has 0 unspecified atom stereocenters. The van der Waals surface area contributed by atoms with Crippen molar-refractivity contribution >= 4 is 29.6 Å². The van der Waals surface area contributed by atoms with E-state index in [0.29, 0.717) is 23.6 Å². The molecular formula is C32H28FN3O4. The molecule has 40 heavy (non-hydrogen) atoms. The predicted molar refractivity (Wildman–Crippen MR) is 151 cm³/mol. The maximum absolute atomic E-state index is 13.3. The van der Waals surface area contributed by atoms with E-state index >= 15 is 0 Å². The summed E-state index contributed by atoms with van der Waals surface area (Å²) in [5, 5.41) is 2.28. The number of carbonyl (C=O) groups is 3. The Balaban J connectivity index is 1.38. The van der Waals surface area contributed by atoms with Crippen LogP contribution in [-0.2, 0) is 22.6 Å². The standard InChI is InChI=1S/C32H28FN3O4/c1-4-22-7-11-27(12-8-22)36-31(38)29(30(37)34-32(36)39)18-24-17-20(2)35(21(24)3)26-13-15-28(16-14-26)40-19-23-5-9-25(33)10-6-23/h5-18H,4,19H2,1-3H3,(H,34,37,39)/b29-18-. The molecule has 5 rings (SSSR count). The summed E-state index contributed by atoms with van der Waals surface area (Å²) in [7, 11) is 0. The highest BCUT2D eigenvalue weighted by Gasteiger charge is 2.37. The minimum absolute atomic E-state index is 0.121. The smallest absolute Gasteiger partial charge is 0.335 e. The Bertz CT molecular complexity index is 1620. The van der Waals surface area contributed by atoms with Gasteiger partial charge >= 0.3 is 6.03 Å². The number of rotatable bonds is 7. The first-order chi connectivity index (χ1) is 19.2. The largest absolute Gasteiger partial charge is 0.489 e. The lowest BCUT2D eigenvalue weighted by atomic mass is 10.1. The average Bonchev–Trinajstić information content (AvgIpc) is 3.23. The highest BCUT2D eigenvalue weighted by atomic mass is 19.1. The number of nitrogens with one attached hydrogen (secondary N) is 1. The molecule has 4 amide bonds. The van der Waals surface area contributed by atoms with Crippen molar-refractivity contribution in [1.82, 2.24) is 9.88 Å². The van der Waals surface area contributed by atoms with Gasteiger partial charge in [-0.2, -0.15) is 0 Å². The summed E-state index contributed by atoms with van der Waals surface area (Å²) in [4.78, 5) is 39.6. The Morgan fingerprint density at radius 2 is 1.48 bits per heavy atom. The van der Waals surface area contributed by atoms with E-state index in [4.69, 9.17) is 4.74 Å². The summed E-state index contributed by atoms with van der Waals surface area (Å²) < 4.78 is 21.0. The Morgan fingerprint density at radius 1 is 0.850 bits per heavy atom. The lowest BCUT2D eigenvalue weighted by Gasteiger charge is -2.26. The van der Waals surface area contributed by atoms with Crippen LogP contribution in [0.25, 0.3) is 11.8 Å². The second kappa shape index (κ2) is 11.0. The van der Waals surface area contributed by atoms with Gasteiger partial charge in [-0.25, -0.2) is 14.1 Å². The van der Waals surface area contributed by atoms with Crippen molar-refractivity contribution in [1.29, 1.82) is 0 Å². The number of urea groups is 1. The molecule has 3 aromatic carbocycles. The van der Waals surface area contributed by atoms with Crippen LogP contribution in [0.3, 0.4) is 0 Å². The summed E-state index contributed by atoms with van der Waals surface area (Å²) in [6.07, 6.45) is 2.35. The van der Waals surface area contributed by atoms with Crippen molar-refractivity contribution in [2.75, 3.05) is 4.90 Å². The van der Waals surface area contributed by atoms with Crippen molar-refractivity contribution in [3.05, 3.63) is 118 Å². The van der Waals surface area contributed by atoms with Crippen LogP contribution in [0.1, 0.15) is 35.0 Å². The maximum atomic E-state index is 13.3. The van der Waals surface area contributed by atoms with Crippen molar-refractivity contribution < 1.29 is 23.5 Å². The molecule has 0 atom stereocenters. The molecule has 0 radical (unpaired) electrons. The van der Waals surface area contributed by atoms with Gasteiger partial charge in [-0.1, -0.05) is 31.2 Å². The van der Waals surface area contributed by atoms with E-state index < -0.39 is 17.8 Å². The van der Waals surface area contributed by atoms with Crippen LogP contribution in [-0.4, -0.2) is 22.4 Å². The lowest BCUT2D eigenvalue weighted by molar-refractivity contribution is -0.122. The van der Waals surface area contributed by atoms with Crippen LogP contribution >= 0.6 is 0 Å². The van der Waals surface area contributed by atoms with Gasteiger partial charge < -0.3 is 9.30 Å². The number of aromatic nitrogens is 1. The fourth-order valence-corrected chi connectivity index (χ4v) is 4.70. The van der Waals surface area contributed by atoms with Crippen LogP contribution < -0.4 is 15.0 Å². The van der Waals surface area contributed by atoms with Crippen molar-refractivity contribution in [3.63, 3.8) is 0 Å². The van der Waals surface area contributed by atoms with Crippen molar-refractivity contribution in [2.24, 2.45) is 0 Å². The van der Waals surface area contributed by atoms with Gasteiger partial charge in [-0.15, -0.1) is 0 Å². The number of barbiturate groups is 1. The number of halogens is 1. The van der Waals surface area contributed by atoms with Gasteiger partial charge in [-0.3, -0.25) is 14.9 Å². The molecule has 0 spiro atoms. The number of anilines is 1. The number of carbonyl (C=O) groups excluding carboxylic acids is 3. The fraction of sp³-hybridized carbons (Fsp3) is 0.156. The SMILES string of the molecule is CCc1ccc(N2C(=O)NC(=O)/C(=C/c3cc(C)n(-c4ccc(OCc5ccc(F)cc5)cc4)c3C)C2=O)cc1. The van der Waals surface area contributed by atoms with Gasteiger partial charge in [0.2, 0.25) is 0 Å². The van der Waals surface area contributed by atoms with Crippen LogP contribution in [0.2, 0.25) is 0 Å². The number of amides is 4. The number of aryl methyl sites for hydroxylation is 2. The second-order valence-corrected chi connectivity index (χ2v) is 9.55. The first kappa shape index (κ1) is 26.6. The number of hydrogen-bond acceptors (Lipinski definition) is 4. The Kier molecular flexibility index (Phi) is 7.33. The van der Waals surface area contributed by atoms with Gasteiger partial charge in [0.15, 0.2) is 0 Å². The fourth-order valence-electron chi connectivity index (χ4n) is 4.70. The van der Waals surface area contributed by atoms with Gasteiger partial charge in [-0.05, 0) is 97.6 Å². The Hall–Kier alpha value is -4.98. The van der Waals surface area contributed by atoms with E-state index in [0.717, 1.165) is 39.5 Å². The zero-order valence-corrected chi connectivity index (χ0v) is 22.4. The minimum atomic E-state index is -0.774. The molecule has 202 valence electrons. The molecule has 4 aromatic rings. The molecule has 1 N–H and O–H groups in total. The van der Waals surface area contributed by atoms with Crippen molar-refractivity contribution in [2.45, 2.75) is 33.8 Å². The van der Waals surface area contributed by atoms with Gasteiger partial charge in [0.05, 0.1) is 5.69 Å². The molecule has 8 heteroatoms. The van der Waals surface area contributed by atoms with E-state index in [2.05, 4.69) is 5.32 Å². The number of nitrogens with zero attached hydrogens (tertiary/aromatic N) is 2. The van der Waals surface area contributed by atoms with Crippen LogP contribution in [0.5, 0.6) is 5.75 Å². The first-order valence-corrected chi connectivity index (χ1v) is 12.9. The maximum Gasteiger partial charge on any atom is 0.335 e. The first-order valence-electron chi connectivity index (χ1n) is 12.9. The number of imide groups is 2. The lowest BCUT2D eigenvalue weighted by Crippen LogP contribution is -2.54. The topological polar surface area (TPSA) is 80.6 Å². The minimum Gasteiger partial charge on any atom is -0.489 e. The predicted octanol–water partition coefficient (Wildman–Crippen LogP) is 6.04. The van der Waals surface area contributed by atoms with Crippen LogP contribution in [0, 0.1) is 19.7 Å². The monoisotopic (exact) mass is 537 g/mol. The third-order valence-electron chi connectivity index (χ3n) is 6.89. The highest BCUT2D eigenvalue weighted by molar-refractivity contribution is 6.39. The molecule has 7 nitrogen and oxygen atoms in total. The van der Waals surface area contributed by atoms with E-state index in [9.17, 15) is 18.8 Å². The third-order valence-corrected chi connectivity index (χ3v) is 6.89. The summed E-state index contributed by atoms with van der Waals surface area (Å²) in [6, 6.07) is 21.9. The van der Waals surface area contributed by atoms with E-state index in [1.165, 1.54) is 18.2 Å². The third kappa shape index (κ3) is 5.29. The molecule has 0 aliphatic carbocycles. The summed E-state index contributed by atoms with van der Waals surface area (Å²) in [5.74, 6) is -1.03. The van der Waals surface area contributed by atoms with E-state index in [1.54, 1.807) is 24.3 Å². The molecule has 0 saturated carbocycles. The summed E-state index contributed by atoms with van der Waals surface area (Å²) in [5.41, 5.74) is 5.48. The zero-order chi connectivity index (χ0) is 28.4. The summed E-state index contributed by atoms with van der Waals surface area (Å²) in [6.45, 7) is 6.16. The molecule has 1 saturated heterocycles. The molecular weight excluding hydrogens is 509 g/mol. The molecule has 1 fully saturated rings. The van der Waals surface area contributed by atoms with Gasteiger partial charge in [0, 0.05) is 17.1 Å².